The van der Waals surface area contributed by atoms with Gasteiger partial charge in [0.2, 0.25) is 10.0 Å². The molecule has 1 atom stereocenters. The zero-order valence-electron chi connectivity index (χ0n) is 18.6. The van der Waals surface area contributed by atoms with Gasteiger partial charge < -0.3 is 0 Å². The molecular formula is C24H24FN3O4S2. The molecule has 0 amide bonds. The molecule has 0 fully saturated rings. The van der Waals surface area contributed by atoms with Gasteiger partial charge in [-0.1, -0.05) is 48.5 Å². The summed E-state index contributed by atoms with van der Waals surface area (Å²) in [6.45, 7) is 3.22. The van der Waals surface area contributed by atoms with E-state index >= 15 is 0 Å². The summed E-state index contributed by atoms with van der Waals surface area (Å²) in [5, 5.41) is 4.42. The first kappa shape index (κ1) is 23.9. The van der Waals surface area contributed by atoms with Crippen molar-refractivity contribution >= 4 is 31.4 Å². The highest BCUT2D eigenvalue weighted by molar-refractivity contribution is 7.92. The lowest BCUT2D eigenvalue weighted by molar-refractivity contribution is 0.362. The van der Waals surface area contributed by atoms with Crippen molar-refractivity contribution in [1.82, 2.24) is 4.41 Å². The number of sulfonamides is 2. The second kappa shape index (κ2) is 9.19. The Hall–Kier alpha value is -3.24. The van der Waals surface area contributed by atoms with Crippen LogP contribution in [0.3, 0.4) is 0 Å². The fourth-order valence-electron chi connectivity index (χ4n) is 3.82. The summed E-state index contributed by atoms with van der Waals surface area (Å²) in [6, 6.07) is 18.2. The van der Waals surface area contributed by atoms with Crippen LogP contribution in [0.1, 0.15) is 36.1 Å². The number of nitrogens with one attached hydrogen (secondary N) is 1. The molecule has 0 saturated carbocycles. The number of anilines is 1. The molecule has 0 spiro atoms. The van der Waals surface area contributed by atoms with E-state index in [1.165, 1.54) is 19.1 Å². The Kier molecular flexibility index (Phi) is 6.46. The lowest BCUT2D eigenvalue weighted by Gasteiger charge is -2.24. The number of nitrogens with zero attached hydrogens (tertiary/aromatic N) is 2. The van der Waals surface area contributed by atoms with Crippen molar-refractivity contribution in [3.05, 3.63) is 95.3 Å². The van der Waals surface area contributed by atoms with Crippen LogP contribution >= 0.6 is 0 Å². The average Bonchev–Trinajstić information content (AvgIpc) is 3.26. The molecule has 0 saturated heterocycles. The van der Waals surface area contributed by atoms with Crippen molar-refractivity contribution in [2.24, 2.45) is 5.10 Å². The Balaban J connectivity index is 1.80. The molecule has 1 aliphatic rings. The summed E-state index contributed by atoms with van der Waals surface area (Å²) in [5.74, 6) is -0.617. The number of aryl methyl sites for hydroxylation is 1. The summed E-state index contributed by atoms with van der Waals surface area (Å²) in [5.41, 5.74) is 2.04. The van der Waals surface area contributed by atoms with Crippen LogP contribution in [0.15, 0.2) is 82.8 Å². The summed E-state index contributed by atoms with van der Waals surface area (Å²) in [7, 11) is -7.59. The molecule has 4 rings (SSSR count). The predicted octanol–water partition coefficient (Wildman–Crippen LogP) is 4.44. The molecule has 1 aliphatic heterocycles. The average molecular weight is 502 g/mol. The molecular weight excluding hydrogens is 477 g/mol. The van der Waals surface area contributed by atoms with Gasteiger partial charge in [-0.05, 0) is 49.2 Å². The van der Waals surface area contributed by atoms with Gasteiger partial charge in [0, 0.05) is 17.7 Å². The SMILES string of the molecule is CCS(=O)(=O)Nc1cccc(C2=NN(S(=O)(=O)c3ccccc3C)[C@@H](c3ccccc3F)C2)c1. The molecule has 0 unspecified atom stereocenters. The van der Waals surface area contributed by atoms with Crippen LogP contribution in [0.2, 0.25) is 0 Å². The molecule has 3 aromatic rings. The van der Waals surface area contributed by atoms with Gasteiger partial charge in [0.05, 0.1) is 22.4 Å². The second-order valence-electron chi connectivity index (χ2n) is 7.92. The van der Waals surface area contributed by atoms with E-state index < -0.39 is 31.9 Å². The van der Waals surface area contributed by atoms with E-state index in [-0.39, 0.29) is 22.6 Å². The number of hydrogen-bond acceptors (Lipinski definition) is 5. The Labute approximate surface area is 199 Å². The zero-order valence-corrected chi connectivity index (χ0v) is 20.3. The standard InChI is InChI=1S/C24H24FN3O4S2/c1-3-33(29,30)27-19-11-8-10-18(15-19)22-16-23(20-12-5-6-13-21(20)25)28(26-22)34(31,32)24-14-7-4-9-17(24)2/h4-15,23,27H,3,16H2,1-2H3/t23-/m1/s1. The zero-order chi connectivity index (χ0) is 24.5. The molecule has 34 heavy (non-hydrogen) atoms. The third-order valence-corrected chi connectivity index (χ3v) is 8.75. The molecule has 178 valence electrons. The van der Waals surface area contributed by atoms with Crippen molar-refractivity contribution in [2.75, 3.05) is 10.5 Å². The van der Waals surface area contributed by atoms with Crippen LogP contribution in [0.4, 0.5) is 10.1 Å². The molecule has 0 aliphatic carbocycles. The van der Waals surface area contributed by atoms with E-state index in [0.29, 0.717) is 22.5 Å². The predicted molar refractivity (Wildman–Crippen MR) is 130 cm³/mol. The largest absolute Gasteiger partial charge is 0.284 e. The summed E-state index contributed by atoms with van der Waals surface area (Å²) >= 11 is 0. The van der Waals surface area contributed by atoms with E-state index in [9.17, 15) is 21.2 Å². The highest BCUT2D eigenvalue weighted by Crippen LogP contribution is 2.38. The number of rotatable bonds is 7. The van der Waals surface area contributed by atoms with Crippen molar-refractivity contribution in [1.29, 1.82) is 0 Å². The first-order chi connectivity index (χ1) is 16.1. The van der Waals surface area contributed by atoms with E-state index in [1.807, 2.05) is 0 Å². The summed E-state index contributed by atoms with van der Waals surface area (Å²) < 4.78 is 69.4. The first-order valence-corrected chi connectivity index (χ1v) is 13.7. The monoisotopic (exact) mass is 501 g/mol. The second-order valence-corrected chi connectivity index (χ2v) is 11.7. The van der Waals surface area contributed by atoms with Crippen LogP contribution in [0.25, 0.3) is 0 Å². The highest BCUT2D eigenvalue weighted by Gasteiger charge is 2.39. The molecule has 0 aromatic heterocycles. The quantitative estimate of drug-likeness (QED) is 0.518. The molecule has 1 heterocycles. The third kappa shape index (κ3) is 4.69. The maximum atomic E-state index is 14.8. The van der Waals surface area contributed by atoms with E-state index in [0.717, 1.165) is 4.41 Å². The summed E-state index contributed by atoms with van der Waals surface area (Å²) in [4.78, 5) is 0.0887. The lowest BCUT2D eigenvalue weighted by atomic mass is 9.98. The van der Waals surface area contributed by atoms with E-state index in [2.05, 4.69) is 9.82 Å². The van der Waals surface area contributed by atoms with Crippen LogP contribution in [0.5, 0.6) is 0 Å². The third-order valence-electron chi connectivity index (χ3n) is 5.60. The number of hydrogen-bond donors (Lipinski definition) is 1. The maximum Gasteiger partial charge on any atom is 0.279 e. The van der Waals surface area contributed by atoms with Crippen molar-refractivity contribution < 1.29 is 21.2 Å². The fourth-order valence-corrected chi connectivity index (χ4v) is 6.11. The topological polar surface area (TPSA) is 95.9 Å². The van der Waals surface area contributed by atoms with Crippen LogP contribution in [0, 0.1) is 12.7 Å². The number of halogens is 1. The van der Waals surface area contributed by atoms with Crippen LogP contribution in [-0.2, 0) is 20.0 Å². The van der Waals surface area contributed by atoms with Crippen LogP contribution < -0.4 is 4.72 Å². The van der Waals surface area contributed by atoms with Crippen molar-refractivity contribution in [3.63, 3.8) is 0 Å². The normalized spacial score (nSPS) is 16.4. The minimum absolute atomic E-state index is 0.0873. The minimum Gasteiger partial charge on any atom is -0.284 e. The van der Waals surface area contributed by atoms with Gasteiger partial charge in [-0.3, -0.25) is 4.72 Å². The molecule has 3 aromatic carbocycles. The van der Waals surface area contributed by atoms with Crippen molar-refractivity contribution in [3.8, 4) is 0 Å². The summed E-state index contributed by atoms with van der Waals surface area (Å²) in [6.07, 6.45) is 0.121. The first-order valence-electron chi connectivity index (χ1n) is 10.7. The molecule has 0 bridgehead atoms. The number of benzene rings is 3. The van der Waals surface area contributed by atoms with Gasteiger partial charge in [0.25, 0.3) is 10.0 Å². The van der Waals surface area contributed by atoms with Gasteiger partial charge in [-0.25, -0.2) is 12.8 Å². The fraction of sp³-hybridized carbons (Fsp3) is 0.208. The van der Waals surface area contributed by atoms with Gasteiger partial charge in [0.1, 0.15) is 5.82 Å². The van der Waals surface area contributed by atoms with Gasteiger partial charge in [0.15, 0.2) is 0 Å². The molecule has 10 heteroatoms. The van der Waals surface area contributed by atoms with Crippen molar-refractivity contribution in [2.45, 2.75) is 31.2 Å². The Morgan fingerprint density at radius 3 is 2.41 bits per heavy atom. The van der Waals surface area contributed by atoms with Gasteiger partial charge in [-0.15, -0.1) is 0 Å². The molecule has 1 N–H and O–H groups in total. The Morgan fingerprint density at radius 1 is 1.00 bits per heavy atom. The smallest absolute Gasteiger partial charge is 0.279 e. The molecule has 7 nitrogen and oxygen atoms in total. The van der Waals surface area contributed by atoms with Gasteiger partial charge in [-0.2, -0.15) is 17.9 Å². The Morgan fingerprint density at radius 2 is 1.71 bits per heavy atom. The number of hydrazone groups is 1. The highest BCUT2D eigenvalue weighted by atomic mass is 32.2. The van der Waals surface area contributed by atoms with E-state index in [1.54, 1.807) is 67.6 Å². The minimum atomic E-state index is -4.10. The van der Waals surface area contributed by atoms with E-state index in [4.69, 9.17) is 0 Å². The molecule has 0 radical (unpaired) electrons. The maximum absolute atomic E-state index is 14.8. The lowest BCUT2D eigenvalue weighted by Crippen LogP contribution is -2.28. The Bertz CT molecular complexity index is 1470. The van der Waals surface area contributed by atoms with Crippen LogP contribution in [-0.4, -0.2) is 32.7 Å². The van der Waals surface area contributed by atoms with Gasteiger partial charge >= 0.3 is 0 Å².